The molecule has 0 aliphatic heterocycles. The van der Waals surface area contributed by atoms with Crippen molar-refractivity contribution in [3.8, 4) is 11.3 Å². The normalized spacial score (nSPS) is 10.6. The molecule has 0 radical (unpaired) electrons. The summed E-state index contributed by atoms with van der Waals surface area (Å²) in [7, 11) is 1.25. The van der Waals surface area contributed by atoms with Crippen LogP contribution in [0.3, 0.4) is 0 Å². The Balaban J connectivity index is 2.39. The Kier molecular flexibility index (Phi) is 3.51. The minimum absolute atomic E-state index is 0.0787. The molecule has 0 fully saturated rings. The maximum absolute atomic E-state index is 12.6. The van der Waals surface area contributed by atoms with Gasteiger partial charge in [-0.15, -0.1) is 0 Å². The van der Waals surface area contributed by atoms with Gasteiger partial charge in [0.15, 0.2) is 11.3 Å². The Morgan fingerprint density at radius 2 is 1.73 bits per heavy atom. The highest BCUT2D eigenvalue weighted by Crippen LogP contribution is 2.26. The minimum atomic E-state index is -0.699. The summed E-state index contributed by atoms with van der Waals surface area (Å²) in [6.45, 7) is 1.96. The molecule has 22 heavy (non-hydrogen) atoms. The quantitative estimate of drug-likeness (QED) is 0.678. The van der Waals surface area contributed by atoms with Crippen LogP contribution >= 0.6 is 0 Å². The molecule has 3 aromatic rings. The molecule has 110 valence electrons. The van der Waals surface area contributed by atoms with Gasteiger partial charge in [-0.05, 0) is 19.1 Å². The molecule has 4 heteroatoms. The summed E-state index contributed by atoms with van der Waals surface area (Å²) in [5, 5.41) is 0.360. The number of carbonyl (C=O) groups is 1. The lowest BCUT2D eigenvalue weighted by atomic mass is 10.0. The second kappa shape index (κ2) is 5.48. The van der Waals surface area contributed by atoms with Gasteiger partial charge in [-0.1, -0.05) is 42.0 Å². The summed E-state index contributed by atoms with van der Waals surface area (Å²) in [6.07, 6.45) is 0. The highest BCUT2D eigenvalue weighted by molar-refractivity contribution is 5.98. The highest BCUT2D eigenvalue weighted by atomic mass is 16.5. The predicted octanol–water partition coefficient (Wildman–Crippen LogP) is 3.56. The van der Waals surface area contributed by atoms with Crippen molar-refractivity contribution in [3.05, 3.63) is 69.9 Å². The third-order valence-electron chi connectivity index (χ3n) is 3.50. The van der Waals surface area contributed by atoms with E-state index in [9.17, 15) is 9.59 Å². The van der Waals surface area contributed by atoms with Crippen LogP contribution in [0.15, 0.2) is 57.7 Å². The van der Waals surface area contributed by atoms with Crippen LogP contribution in [-0.2, 0) is 4.74 Å². The summed E-state index contributed by atoms with van der Waals surface area (Å²) in [5.74, 6) is -0.467. The minimum Gasteiger partial charge on any atom is -0.465 e. The molecular formula is C18H14O4. The number of rotatable bonds is 2. The standard InChI is InChI=1S/C18H14O4/c1-11-7-9-12(10-8-11)17-15(18(20)21-2)16(19)13-5-3-4-6-14(13)22-17/h3-10H,1-2H3. The van der Waals surface area contributed by atoms with Crippen LogP contribution in [0.25, 0.3) is 22.3 Å². The highest BCUT2D eigenvalue weighted by Gasteiger charge is 2.22. The van der Waals surface area contributed by atoms with Crippen molar-refractivity contribution in [1.82, 2.24) is 0 Å². The smallest absolute Gasteiger partial charge is 0.345 e. The van der Waals surface area contributed by atoms with E-state index in [1.54, 1.807) is 24.3 Å². The first-order chi connectivity index (χ1) is 10.6. The van der Waals surface area contributed by atoms with Gasteiger partial charge in [0.25, 0.3) is 0 Å². The van der Waals surface area contributed by atoms with E-state index in [1.807, 2.05) is 31.2 Å². The SMILES string of the molecule is COC(=O)c1c(-c2ccc(C)cc2)oc2ccccc2c1=O. The number of ether oxygens (including phenoxy) is 1. The van der Waals surface area contributed by atoms with Gasteiger partial charge in [0.05, 0.1) is 12.5 Å². The fraction of sp³-hybridized carbons (Fsp3) is 0.111. The van der Waals surface area contributed by atoms with Crippen LogP contribution in [0.4, 0.5) is 0 Å². The topological polar surface area (TPSA) is 56.5 Å². The average molecular weight is 294 g/mol. The van der Waals surface area contributed by atoms with Crippen molar-refractivity contribution >= 4 is 16.9 Å². The van der Waals surface area contributed by atoms with Gasteiger partial charge in [0.2, 0.25) is 5.43 Å². The zero-order valence-electron chi connectivity index (χ0n) is 12.3. The van der Waals surface area contributed by atoms with Gasteiger partial charge in [-0.2, -0.15) is 0 Å². The monoisotopic (exact) mass is 294 g/mol. The van der Waals surface area contributed by atoms with E-state index in [2.05, 4.69) is 0 Å². The summed E-state index contributed by atoms with van der Waals surface area (Å²) in [6, 6.07) is 14.3. The van der Waals surface area contributed by atoms with Crippen LogP contribution in [0, 0.1) is 6.92 Å². The number of methoxy groups -OCH3 is 1. The Morgan fingerprint density at radius 3 is 2.41 bits per heavy atom. The lowest BCUT2D eigenvalue weighted by Gasteiger charge is -2.09. The maximum atomic E-state index is 12.6. The van der Waals surface area contributed by atoms with E-state index in [-0.39, 0.29) is 16.8 Å². The first-order valence-corrected chi connectivity index (χ1v) is 6.83. The summed E-state index contributed by atoms with van der Waals surface area (Å²) in [4.78, 5) is 24.7. The molecule has 4 nitrogen and oxygen atoms in total. The number of para-hydroxylation sites is 1. The second-order valence-electron chi connectivity index (χ2n) is 4.99. The summed E-state index contributed by atoms with van der Waals surface area (Å²) >= 11 is 0. The molecule has 2 aromatic carbocycles. The molecule has 0 N–H and O–H groups in total. The number of benzene rings is 2. The van der Waals surface area contributed by atoms with Crippen molar-refractivity contribution in [2.24, 2.45) is 0 Å². The van der Waals surface area contributed by atoms with Gasteiger partial charge >= 0.3 is 5.97 Å². The fourth-order valence-corrected chi connectivity index (χ4v) is 2.34. The maximum Gasteiger partial charge on any atom is 0.345 e. The molecule has 0 unspecified atom stereocenters. The molecule has 0 saturated heterocycles. The molecular weight excluding hydrogens is 280 g/mol. The van der Waals surface area contributed by atoms with Crippen LogP contribution in [0.5, 0.6) is 0 Å². The third-order valence-corrected chi connectivity index (χ3v) is 3.50. The zero-order valence-corrected chi connectivity index (χ0v) is 12.3. The molecule has 0 amide bonds. The van der Waals surface area contributed by atoms with Crippen molar-refractivity contribution in [2.45, 2.75) is 6.92 Å². The Hall–Kier alpha value is -2.88. The molecule has 0 spiro atoms. The van der Waals surface area contributed by atoms with E-state index in [0.29, 0.717) is 16.5 Å². The Labute approximate surface area is 127 Å². The summed E-state index contributed by atoms with van der Waals surface area (Å²) in [5.41, 5.74) is 1.71. The molecule has 0 aliphatic rings. The van der Waals surface area contributed by atoms with Crippen LogP contribution in [0.2, 0.25) is 0 Å². The first kappa shape index (κ1) is 14.1. The van der Waals surface area contributed by atoms with Crippen molar-refractivity contribution in [3.63, 3.8) is 0 Å². The molecule has 1 aromatic heterocycles. The van der Waals surface area contributed by atoms with Gasteiger partial charge in [-0.25, -0.2) is 4.79 Å². The Bertz CT molecular complexity index is 905. The van der Waals surface area contributed by atoms with Crippen LogP contribution < -0.4 is 5.43 Å². The van der Waals surface area contributed by atoms with Crippen molar-refractivity contribution in [2.75, 3.05) is 7.11 Å². The van der Waals surface area contributed by atoms with E-state index in [1.165, 1.54) is 7.11 Å². The predicted molar refractivity (Wildman–Crippen MR) is 84.0 cm³/mol. The van der Waals surface area contributed by atoms with Crippen LogP contribution in [0.1, 0.15) is 15.9 Å². The number of esters is 1. The average Bonchev–Trinajstić information content (AvgIpc) is 2.55. The van der Waals surface area contributed by atoms with Gasteiger partial charge in [0.1, 0.15) is 5.58 Å². The van der Waals surface area contributed by atoms with Crippen molar-refractivity contribution in [1.29, 1.82) is 0 Å². The summed E-state index contributed by atoms with van der Waals surface area (Å²) < 4.78 is 10.6. The van der Waals surface area contributed by atoms with Gasteiger partial charge in [-0.3, -0.25) is 4.79 Å². The van der Waals surface area contributed by atoms with E-state index < -0.39 is 5.97 Å². The van der Waals surface area contributed by atoms with Gasteiger partial charge < -0.3 is 9.15 Å². The lowest BCUT2D eigenvalue weighted by Crippen LogP contribution is -2.18. The molecule has 0 bridgehead atoms. The largest absolute Gasteiger partial charge is 0.465 e. The van der Waals surface area contributed by atoms with E-state index >= 15 is 0 Å². The van der Waals surface area contributed by atoms with E-state index in [4.69, 9.17) is 9.15 Å². The molecule has 1 heterocycles. The number of aryl methyl sites for hydroxylation is 1. The lowest BCUT2D eigenvalue weighted by molar-refractivity contribution is 0.0598. The third kappa shape index (κ3) is 2.29. The molecule has 3 rings (SSSR count). The van der Waals surface area contributed by atoms with E-state index in [0.717, 1.165) is 5.56 Å². The first-order valence-electron chi connectivity index (χ1n) is 6.83. The Morgan fingerprint density at radius 1 is 1.05 bits per heavy atom. The fourth-order valence-electron chi connectivity index (χ4n) is 2.34. The number of carbonyl (C=O) groups excluding carboxylic acids is 1. The van der Waals surface area contributed by atoms with Crippen LogP contribution in [-0.4, -0.2) is 13.1 Å². The number of fused-ring (bicyclic) bond motifs is 1. The number of hydrogen-bond donors (Lipinski definition) is 0. The zero-order chi connectivity index (χ0) is 15.7. The van der Waals surface area contributed by atoms with Crippen molar-refractivity contribution < 1.29 is 13.9 Å². The molecule has 0 saturated carbocycles. The number of hydrogen-bond acceptors (Lipinski definition) is 4. The second-order valence-corrected chi connectivity index (χ2v) is 4.99. The molecule has 0 aliphatic carbocycles. The van der Waals surface area contributed by atoms with Gasteiger partial charge in [0, 0.05) is 5.56 Å². The molecule has 0 atom stereocenters.